The Bertz CT molecular complexity index is 216. The van der Waals surface area contributed by atoms with Gasteiger partial charge in [0.25, 0.3) is 0 Å². The van der Waals surface area contributed by atoms with Crippen molar-refractivity contribution in [2.75, 3.05) is 6.54 Å². The highest BCUT2D eigenvalue weighted by molar-refractivity contribution is 5.87. The maximum atomic E-state index is 11.7. The zero-order valence-corrected chi connectivity index (χ0v) is 7.25. The van der Waals surface area contributed by atoms with Crippen molar-refractivity contribution in [2.45, 2.75) is 31.7 Å². The van der Waals surface area contributed by atoms with Crippen LogP contribution >= 0.6 is 0 Å². The Labute approximate surface area is 72.7 Å². The number of hydrogen-bond donors (Lipinski definition) is 1. The van der Waals surface area contributed by atoms with Gasteiger partial charge >= 0.3 is 0 Å². The Morgan fingerprint density at radius 1 is 1.08 bits per heavy atom. The number of fused-ring (bicyclic) bond motifs is 1. The highest BCUT2D eigenvalue weighted by Gasteiger charge is 2.44. The van der Waals surface area contributed by atoms with Crippen LogP contribution in [-0.2, 0) is 4.79 Å². The van der Waals surface area contributed by atoms with Gasteiger partial charge < -0.3 is 5.32 Å². The van der Waals surface area contributed by atoms with Crippen LogP contribution in [0.2, 0.25) is 0 Å². The van der Waals surface area contributed by atoms with Crippen molar-refractivity contribution in [3.05, 3.63) is 0 Å². The van der Waals surface area contributed by atoms with Crippen molar-refractivity contribution in [3.63, 3.8) is 0 Å². The molecule has 1 N–H and O–H groups in total. The van der Waals surface area contributed by atoms with E-state index in [4.69, 9.17) is 0 Å². The van der Waals surface area contributed by atoms with E-state index < -0.39 is 0 Å². The molecule has 0 radical (unpaired) electrons. The first-order valence-corrected chi connectivity index (χ1v) is 5.10. The highest BCUT2D eigenvalue weighted by atomic mass is 16.1. The van der Waals surface area contributed by atoms with Gasteiger partial charge in [-0.15, -0.1) is 0 Å². The third-order valence-electron chi connectivity index (χ3n) is 3.87. The minimum atomic E-state index is 0.237. The van der Waals surface area contributed by atoms with Crippen LogP contribution in [0.1, 0.15) is 25.7 Å². The van der Waals surface area contributed by atoms with Crippen LogP contribution < -0.4 is 5.32 Å². The van der Waals surface area contributed by atoms with E-state index in [1.54, 1.807) is 0 Å². The lowest BCUT2D eigenvalue weighted by molar-refractivity contribution is -0.128. The molecule has 4 rings (SSSR count). The standard InChI is InChI=1S/C10H15NO/c12-10-8-2-6-1-7(3-8)5-11-9(10)4-6/h6-9,11H,1-5H2. The maximum Gasteiger partial charge on any atom is 0.152 e. The first-order valence-electron chi connectivity index (χ1n) is 5.10. The Hall–Kier alpha value is -0.370. The Morgan fingerprint density at radius 2 is 1.92 bits per heavy atom. The van der Waals surface area contributed by atoms with Gasteiger partial charge in [0, 0.05) is 5.92 Å². The van der Waals surface area contributed by atoms with Gasteiger partial charge in [-0.2, -0.15) is 0 Å². The average Bonchev–Trinajstić information content (AvgIpc) is 2.27. The fourth-order valence-electron chi connectivity index (χ4n) is 3.38. The third kappa shape index (κ3) is 0.875. The fourth-order valence-corrected chi connectivity index (χ4v) is 3.38. The summed E-state index contributed by atoms with van der Waals surface area (Å²) in [6.07, 6.45) is 4.89. The molecule has 2 aliphatic carbocycles. The van der Waals surface area contributed by atoms with E-state index in [-0.39, 0.29) is 6.04 Å². The monoisotopic (exact) mass is 165 g/mol. The van der Waals surface area contributed by atoms with Crippen molar-refractivity contribution in [1.82, 2.24) is 5.32 Å². The Kier molecular flexibility index (Phi) is 1.37. The molecule has 12 heavy (non-hydrogen) atoms. The number of rotatable bonds is 0. The minimum absolute atomic E-state index is 0.237. The van der Waals surface area contributed by atoms with Crippen LogP contribution in [0.5, 0.6) is 0 Å². The predicted octanol–water partition coefficient (Wildman–Crippen LogP) is 0.964. The second kappa shape index (κ2) is 2.32. The summed E-state index contributed by atoms with van der Waals surface area (Å²) in [6.45, 7) is 1.10. The first-order chi connectivity index (χ1) is 5.83. The fraction of sp³-hybridized carbons (Fsp3) is 0.900. The largest absolute Gasteiger partial charge is 0.307 e. The van der Waals surface area contributed by atoms with E-state index in [1.807, 2.05) is 0 Å². The van der Waals surface area contributed by atoms with Crippen molar-refractivity contribution in [1.29, 1.82) is 0 Å². The van der Waals surface area contributed by atoms with E-state index in [2.05, 4.69) is 5.32 Å². The normalized spacial score (nSPS) is 51.2. The summed E-state index contributed by atoms with van der Waals surface area (Å²) in [4.78, 5) is 11.7. The molecular weight excluding hydrogens is 150 g/mol. The molecule has 4 aliphatic rings. The predicted molar refractivity (Wildman–Crippen MR) is 45.7 cm³/mol. The summed E-state index contributed by atoms with van der Waals surface area (Å²) in [5, 5.41) is 3.40. The number of nitrogens with one attached hydrogen (secondary N) is 1. The number of Topliss-reactive ketones (excluding diaryl/α,β-unsaturated/α-hetero) is 1. The van der Waals surface area contributed by atoms with Crippen LogP contribution in [0, 0.1) is 17.8 Å². The summed E-state index contributed by atoms with van der Waals surface area (Å²) in [6, 6.07) is 0.237. The molecule has 2 nitrogen and oxygen atoms in total. The van der Waals surface area contributed by atoms with Gasteiger partial charge in [0.15, 0.2) is 5.78 Å². The van der Waals surface area contributed by atoms with Gasteiger partial charge in [0.1, 0.15) is 0 Å². The molecule has 0 aromatic rings. The van der Waals surface area contributed by atoms with Gasteiger partial charge in [-0.1, -0.05) is 0 Å². The zero-order valence-electron chi connectivity index (χ0n) is 7.25. The summed E-state index contributed by atoms with van der Waals surface area (Å²) < 4.78 is 0. The second-order valence-electron chi connectivity index (χ2n) is 4.73. The van der Waals surface area contributed by atoms with Crippen LogP contribution in [0.4, 0.5) is 0 Å². The van der Waals surface area contributed by atoms with E-state index in [9.17, 15) is 4.79 Å². The van der Waals surface area contributed by atoms with E-state index in [1.165, 1.54) is 19.3 Å². The van der Waals surface area contributed by atoms with Gasteiger partial charge in [-0.05, 0) is 44.1 Å². The van der Waals surface area contributed by atoms with E-state index >= 15 is 0 Å². The molecule has 4 atom stereocenters. The van der Waals surface area contributed by atoms with Crippen LogP contribution in [0.25, 0.3) is 0 Å². The Balaban J connectivity index is 1.97. The number of carbonyl (C=O) groups is 1. The van der Waals surface area contributed by atoms with Crippen LogP contribution in [0.15, 0.2) is 0 Å². The van der Waals surface area contributed by atoms with Crippen LogP contribution in [-0.4, -0.2) is 18.4 Å². The Morgan fingerprint density at radius 3 is 2.83 bits per heavy atom. The lowest BCUT2D eigenvalue weighted by Gasteiger charge is -2.36. The minimum Gasteiger partial charge on any atom is -0.307 e. The molecule has 66 valence electrons. The molecule has 0 spiro atoms. The number of carbonyl (C=O) groups excluding carboxylic acids is 1. The van der Waals surface area contributed by atoms with Gasteiger partial charge in [-0.25, -0.2) is 0 Å². The summed E-state index contributed by atoms with van der Waals surface area (Å²) >= 11 is 0. The molecule has 2 saturated heterocycles. The molecule has 0 aromatic carbocycles. The molecule has 2 heterocycles. The van der Waals surface area contributed by atoms with E-state index in [0.717, 1.165) is 24.8 Å². The second-order valence-corrected chi connectivity index (χ2v) is 4.73. The third-order valence-corrected chi connectivity index (χ3v) is 3.87. The van der Waals surface area contributed by atoms with Crippen LogP contribution in [0.3, 0.4) is 0 Å². The molecule has 2 aliphatic heterocycles. The lowest BCUT2D eigenvalue weighted by Crippen LogP contribution is -2.43. The summed E-state index contributed by atoms with van der Waals surface area (Å²) in [5.41, 5.74) is 0. The molecule has 4 fully saturated rings. The number of ketones is 1. The molecule has 0 aromatic heterocycles. The van der Waals surface area contributed by atoms with Crippen molar-refractivity contribution in [3.8, 4) is 0 Å². The van der Waals surface area contributed by atoms with Crippen molar-refractivity contribution < 1.29 is 4.79 Å². The zero-order chi connectivity index (χ0) is 8.13. The molecule has 4 unspecified atom stereocenters. The SMILES string of the molecule is O=C1C2CC3CNC1CC(C3)C2. The molecular formula is C10H15NO. The topological polar surface area (TPSA) is 29.1 Å². The smallest absolute Gasteiger partial charge is 0.152 e. The van der Waals surface area contributed by atoms with Crippen molar-refractivity contribution >= 4 is 5.78 Å². The molecule has 0 amide bonds. The first kappa shape index (κ1) is 7.07. The van der Waals surface area contributed by atoms with Crippen molar-refractivity contribution in [2.24, 2.45) is 17.8 Å². The number of hydrogen-bond acceptors (Lipinski definition) is 2. The van der Waals surface area contributed by atoms with Gasteiger partial charge in [-0.3, -0.25) is 4.79 Å². The van der Waals surface area contributed by atoms with E-state index in [0.29, 0.717) is 11.7 Å². The average molecular weight is 165 g/mol. The van der Waals surface area contributed by atoms with Gasteiger partial charge in [0.2, 0.25) is 0 Å². The maximum absolute atomic E-state index is 11.7. The summed E-state index contributed by atoms with van der Waals surface area (Å²) in [5.74, 6) is 2.63. The lowest BCUT2D eigenvalue weighted by atomic mass is 9.68. The molecule has 2 heteroatoms. The quantitative estimate of drug-likeness (QED) is 0.579. The highest BCUT2D eigenvalue weighted by Crippen LogP contribution is 2.42. The molecule has 4 bridgehead atoms. The van der Waals surface area contributed by atoms with Gasteiger partial charge in [0.05, 0.1) is 6.04 Å². The molecule has 2 saturated carbocycles. The summed E-state index contributed by atoms with van der Waals surface area (Å²) in [7, 11) is 0.